The van der Waals surface area contributed by atoms with E-state index in [0.717, 1.165) is 16.5 Å². The molecule has 0 saturated heterocycles. The molecule has 0 radical (unpaired) electrons. The molecule has 1 atom stereocenters. The highest BCUT2D eigenvalue weighted by molar-refractivity contribution is 5.88. The van der Waals surface area contributed by atoms with E-state index >= 15 is 0 Å². The molecule has 5 nitrogen and oxygen atoms in total. The molecule has 0 fully saturated rings. The number of nitrogens with zero attached hydrogens (tertiary/aromatic N) is 1. The highest BCUT2D eigenvalue weighted by atomic mass is 16.5. The SMILES string of the molecule is CC(O)CCN(C)C(=O)NCCOc1cccc2ccccc12. The Kier molecular flexibility index (Phi) is 6.23. The van der Waals surface area contributed by atoms with Gasteiger partial charge >= 0.3 is 6.03 Å². The van der Waals surface area contributed by atoms with Crippen molar-refractivity contribution >= 4 is 16.8 Å². The van der Waals surface area contributed by atoms with E-state index in [1.54, 1.807) is 18.9 Å². The number of rotatable bonds is 7. The topological polar surface area (TPSA) is 61.8 Å². The maximum Gasteiger partial charge on any atom is 0.317 e. The summed E-state index contributed by atoms with van der Waals surface area (Å²) >= 11 is 0. The van der Waals surface area contributed by atoms with Gasteiger partial charge in [0.05, 0.1) is 12.6 Å². The van der Waals surface area contributed by atoms with Crippen molar-refractivity contribution in [1.82, 2.24) is 10.2 Å². The number of amides is 2. The zero-order valence-electron chi connectivity index (χ0n) is 13.7. The third-order valence-corrected chi connectivity index (χ3v) is 3.61. The first-order valence-corrected chi connectivity index (χ1v) is 7.85. The average Bonchev–Trinajstić information content (AvgIpc) is 2.56. The monoisotopic (exact) mass is 316 g/mol. The summed E-state index contributed by atoms with van der Waals surface area (Å²) in [7, 11) is 1.71. The van der Waals surface area contributed by atoms with Crippen molar-refractivity contribution in [3.63, 3.8) is 0 Å². The molecule has 0 aromatic heterocycles. The number of urea groups is 1. The van der Waals surface area contributed by atoms with Crippen molar-refractivity contribution in [3.05, 3.63) is 42.5 Å². The lowest BCUT2D eigenvalue weighted by Crippen LogP contribution is -2.40. The molecule has 0 aliphatic carbocycles. The number of carbonyl (C=O) groups excluding carboxylic acids is 1. The molecule has 23 heavy (non-hydrogen) atoms. The average molecular weight is 316 g/mol. The van der Waals surface area contributed by atoms with Crippen LogP contribution in [0.3, 0.4) is 0 Å². The first-order chi connectivity index (χ1) is 11.1. The summed E-state index contributed by atoms with van der Waals surface area (Å²) < 4.78 is 5.77. The van der Waals surface area contributed by atoms with Crippen LogP contribution in [-0.4, -0.2) is 48.9 Å². The van der Waals surface area contributed by atoms with Gasteiger partial charge in [-0.2, -0.15) is 0 Å². The molecule has 0 saturated carbocycles. The zero-order valence-corrected chi connectivity index (χ0v) is 13.7. The number of aliphatic hydroxyl groups excluding tert-OH is 1. The maximum absolute atomic E-state index is 11.9. The standard InChI is InChI=1S/C18H24N2O3/c1-14(21)10-12-20(2)18(22)19-11-13-23-17-9-5-7-15-6-3-4-8-16(15)17/h3-9,14,21H,10-13H2,1-2H3,(H,19,22). The second-order valence-corrected chi connectivity index (χ2v) is 5.62. The van der Waals surface area contributed by atoms with Crippen LogP contribution in [0.5, 0.6) is 5.75 Å². The maximum atomic E-state index is 11.9. The van der Waals surface area contributed by atoms with Gasteiger partial charge in [0, 0.05) is 19.0 Å². The van der Waals surface area contributed by atoms with E-state index in [0.29, 0.717) is 26.1 Å². The fourth-order valence-corrected chi connectivity index (χ4v) is 2.26. The van der Waals surface area contributed by atoms with Gasteiger partial charge in [0.1, 0.15) is 12.4 Å². The third kappa shape index (κ3) is 5.14. The van der Waals surface area contributed by atoms with E-state index in [4.69, 9.17) is 4.74 Å². The fourth-order valence-electron chi connectivity index (χ4n) is 2.26. The van der Waals surface area contributed by atoms with E-state index in [1.807, 2.05) is 42.5 Å². The number of carbonyl (C=O) groups is 1. The lowest BCUT2D eigenvalue weighted by molar-refractivity contribution is 0.163. The molecule has 124 valence electrons. The molecule has 2 aromatic rings. The first kappa shape index (κ1) is 17.1. The van der Waals surface area contributed by atoms with Crippen LogP contribution in [0, 0.1) is 0 Å². The molecule has 0 aliphatic heterocycles. The minimum Gasteiger partial charge on any atom is -0.491 e. The number of benzene rings is 2. The van der Waals surface area contributed by atoms with Crippen molar-refractivity contribution in [3.8, 4) is 5.75 Å². The Morgan fingerprint density at radius 1 is 1.26 bits per heavy atom. The van der Waals surface area contributed by atoms with Crippen molar-refractivity contribution in [2.24, 2.45) is 0 Å². The van der Waals surface area contributed by atoms with Crippen LogP contribution in [0.1, 0.15) is 13.3 Å². The van der Waals surface area contributed by atoms with Crippen LogP contribution in [-0.2, 0) is 0 Å². The van der Waals surface area contributed by atoms with E-state index in [9.17, 15) is 9.90 Å². The Labute approximate surface area is 136 Å². The highest BCUT2D eigenvalue weighted by Gasteiger charge is 2.08. The van der Waals surface area contributed by atoms with Gasteiger partial charge in [-0.05, 0) is 24.8 Å². The van der Waals surface area contributed by atoms with Gasteiger partial charge in [0.25, 0.3) is 0 Å². The molecule has 0 aliphatic rings. The molecular weight excluding hydrogens is 292 g/mol. The van der Waals surface area contributed by atoms with Crippen molar-refractivity contribution in [2.75, 3.05) is 26.7 Å². The highest BCUT2D eigenvalue weighted by Crippen LogP contribution is 2.24. The van der Waals surface area contributed by atoms with E-state index in [-0.39, 0.29) is 6.03 Å². The molecule has 0 heterocycles. The van der Waals surface area contributed by atoms with Gasteiger partial charge in [-0.3, -0.25) is 0 Å². The van der Waals surface area contributed by atoms with Crippen LogP contribution < -0.4 is 10.1 Å². The smallest absolute Gasteiger partial charge is 0.317 e. The Morgan fingerprint density at radius 2 is 2.00 bits per heavy atom. The predicted octanol–water partition coefficient (Wildman–Crippen LogP) is 2.63. The normalized spacial score (nSPS) is 12.0. The van der Waals surface area contributed by atoms with E-state index < -0.39 is 6.10 Å². The number of ether oxygens (including phenoxy) is 1. The number of hydrogen-bond acceptors (Lipinski definition) is 3. The van der Waals surface area contributed by atoms with Crippen LogP contribution in [0.15, 0.2) is 42.5 Å². The molecule has 5 heteroatoms. The minimum absolute atomic E-state index is 0.160. The molecule has 1 unspecified atom stereocenters. The van der Waals surface area contributed by atoms with Gasteiger partial charge in [-0.1, -0.05) is 36.4 Å². The summed E-state index contributed by atoms with van der Waals surface area (Å²) in [5.74, 6) is 0.819. The summed E-state index contributed by atoms with van der Waals surface area (Å²) in [6, 6.07) is 13.8. The summed E-state index contributed by atoms with van der Waals surface area (Å²) in [6.45, 7) is 3.07. The minimum atomic E-state index is -0.403. The molecule has 0 bridgehead atoms. The predicted molar refractivity (Wildman–Crippen MR) is 91.8 cm³/mol. The summed E-state index contributed by atoms with van der Waals surface area (Å²) in [5, 5.41) is 14.2. The van der Waals surface area contributed by atoms with E-state index in [2.05, 4.69) is 5.32 Å². The quantitative estimate of drug-likeness (QED) is 0.772. The summed E-state index contributed by atoms with van der Waals surface area (Å²) in [5.41, 5.74) is 0. The molecule has 2 amide bonds. The zero-order chi connectivity index (χ0) is 16.7. The van der Waals surface area contributed by atoms with Crippen molar-refractivity contribution in [1.29, 1.82) is 0 Å². The van der Waals surface area contributed by atoms with Gasteiger partial charge < -0.3 is 20.1 Å². The van der Waals surface area contributed by atoms with E-state index in [1.165, 1.54) is 0 Å². The largest absolute Gasteiger partial charge is 0.491 e. The molecule has 0 spiro atoms. The lowest BCUT2D eigenvalue weighted by atomic mass is 10.1. The fraction of sp³-hybridized carbons (Fsp3) is 0.389. The number of nitrogens with one attached hydrogen (secondary N) is 1. The number of fused-ring (bicyclic) bond motifs is 1. The van der Waals surface area contributed by atoms with Crippen LogP contribution in [0.4, 0.5) is 4.79 Å². The van der Waals surface area contributed by atoms with Crippen LogP contribution in [0.25, 0.3) is 10.8 Å². The summed E-state index contributed by atoms with van der Waals surface area (Å²) in [6.07, 6.45) is 0.163. The molecular formula is C18H24N2O3. The molecule has 2 aromatic carbocycles. The lowest BCUT2D eigenvalue weighted by Gasteiger charge is -2.18. The first-order valence-electron chi connectivity index (χ1n) is 7.85. The van der Waals surface area contributed by atoms with Crippen LogP contribution in [0.2, 0.25) is 0 Å². The second kappa shape index (κ2) is 8.39. The number of aliphatic hydroxyl groups is 1. The third-order valence-electron chi connectivity index (χ3n) is 3.61. The van der Waals surface area contributed by atoms with Gasteiger partial charge in [0.15, 0.2) is 0 Å². The molecule has 2 rings (SSSR count). The van der Waals surface area contributed by atoms with Crippen molar-refractivity contribution in [2.45, 2.75) is 19.4 Å². The molecule has 2 N–H and O–H groups in total. The Hall–Kier alpha value is -2.27. The van der Waals surface area contributed by atoms with Gasteiger partial charge in [-0.15, -0.1) is 0 Å². The van der Waals surface area contributed by atoms with Gasteiger partial charge in [-0.25, -0.2) is 4.79 Å². The number of hydrogen-bond donors (Lipinski definition) is 2. The Bertz CT molecular complexity index is 638. The van der Waals surface area contributed by atoms with Gasteiger partial charge in [0.2, 0.25) is 0 Å². The van der Waals surface area contributed by atoms with Crippen molar-refractivity contribution < 1.29 is 14.6 Å². The Morgan fingerprint density at radius 3 is 2.78 bits per heavy atom. The second-order valence-electron chi connectivity index (χ2n) is 5.62. The van der Waals surface area contributed by atoms with Crippen LogP contribution >= 0.6 is 0 Å². The summed E-state index contributed by atoms with van der Waals surface area (Å²) in [4.78, 5) is 13.4. The Balaban J connectivity index is 1.77.